The number of nitro groups is 1. The highest BCUT2D eigenvalue weighted by Crippen LogP contribution is 2.32. The molecule has 0 aliphatic heterocycles. The number of fused-ring (bicyclic) bond motifs is 1. The third kappa shape index (κ3) is 1.51. The zero-order valence-corrected chi connectivity index (χ0v) is 10.6. The first kappa shape index (κ1) is 11.1. The summed E-state index contributed by atoms with van der Waals surface area (Å²) in [4.78, 5) is 10.4. The Labute approximate surface area is 101 Å². The number of aryl methyl sites for hydroxylation is 1. The van der Waals surface area contributed by atoms with Crippen molar-refractivity contribution in [2.24, 2.45) is 0 Å². The maximum Gasteiger partial charge on any atom is 0.271 e. The van der Waals surface area contributed by atoms with E-state index in [1.165, 1.54) is 6.07 Å². The SMILES string of the molecule is CCn1c(C)c(Br)c2ccc([N+](=O)[O-])cc21. The van der Waals surface area contributed by atoms with Crippen molar-refractivity contribution >= 4 is 32.5 Å². The fourth-order valence-electron chi connectivity index (χ4n) is 1.94. The zero-order valence-electron chi connectivity index (χ0n) is 9.03. The Kier molecular flexibility index (Phi) is 2.71. The molecule has 1 aromatic heterocycles. The second-order valence-corrected chi connectivity index (χ2v) is 4.40. The Morgan fingerprint density at radius 1 is 1.50 bits per heavy atom. The summed E-state index contributed by atoms with van der Waals surface area (Å²) >= 11 is 3.51. The quantitative estimate of drug-likeness (QED) is 0.624. The van der Waals surface area contributed by atoms with Crippen LogP contribution in [0.3, 0.4) is 0 Å². The maximum absolute atomic E-state index is 10.7. The average Bonchev–Trinajstić information content (AvgIpc) is 2.51. The molecule has 5 heteroatoms. The molecule has 2 rings (SSSR count). The maximum atomic E-state index is 10.7. The number of rotatable bonds is 2. The molecule has 0 unspecified atom stereocenters. The van der Waals surface area contributed by atoms with E-state index in [0.29, 0.717) is 0 Å². The van der Waals surface area contributed by atoms with Crippen molar-refractivity contribution in [2.45, 2.75) is 20.4 Å². The van der Waals surface area contributed by atoms with Gasteiger partial charge in [0, 0.05) is 34.2 Å². The third-order valence-corrected chi connectivity index (χ3v) is 3.76. The summed E-state index contributed by atoms with van der Waals surface area (Å²) in [5.74, 6) is 0. The molecule has 4 nitrogen and oxygen atoms in total. The first-order valence-electron chi connectivity index (χ1n) is 4.99. The van der Waals surface area contributed by atoms with Gasteiger partial charge in [0.25, 0.3) is 5.69 Å². The topological polar surface area (TPSA) is 48.1 Å². The van der Waals surface area contributed by atoms with E-state index in [9.17, 15) is 10.1 Å². The lowest BCUT2D eigenvalue weighted by Crippen LogP contribution is -1.96. The first-order chi connectivity index (χ1) is 7.56. The van der Waals surface area contributed by atoms with Crippen LogP contribution in [0, 0.1) is 17.0 Å². The molecule has 0 amide bonds. The molecular weight excluding hydrogens is 272 g/mol. The molecule has 0 spiro atoms. The molecule has 0 fully saturated rings. The fraction of sp³-hybridized carbons (Fsp3) is 0.273. The van der Waals surface area contributed by atoms with E-state index in [1.807, 2.05) is 13.8 Å². The van der Waals surface area contributed by atoms with Gasteiger partial charge in [-0.15, -0.1) is 0 Å². The van der Waals surface area contributed by atoms with Gasteiger partial charge < -0.3 is 4.57 Å². The highest BCUT2D eigenvalue weighted by Gasteiger charge is 2.14. The molecule has 2 aromatic rings. The molecule has 1 heterocycles. The molecule has 0 saturated carbocycles. The summed E-state index contributed by atoms with van der Waals surface area (Å²) in [6, 6.07) is 4.94. The normalized spacial score (nSPS) is 10.9. The van der Waals surface area contributed by atoms with Gasteiger partial charge in [0.15, 0.2) is 0 Å². The average molecular weight is 283 g/mol. The van der Waals surface area contributed by atoms with Crippen LogP contribution in [0.15, 0.2) is 22.7 Å². The van der Waals surface area contributed by atoms with Crippen molar-refractivity contribution in [3.05, 3.63) is 38.5 Å². The Bertz CT molecular complexity index is 575. The number of non-ortho nitro benzene ring substituents is 1. The summed E-state index contributed by atoms with van der Waals surface area (Å²) in [5, 5.41) is 11.7. The lowest BCUT2D eigenvalue weighted by atomic mass is 10.2. The van der Waals surface area contributed by atoms with Crippen LogP contribution in [-0.4, -0.2) is 9.49 Å². The Balaban J connectivity index is 2.81. The van der Waals surface area contributed by atoms with E-state index < -0.39 is 0 Å². The number of halogens is 1. The van der Waals surface area contributed by atoms with E-state index in [0.717, 1.165) is 27.6 Å². The van der Waals surface area contributed by atoms with Gasteiger partial charge >= 0.3 is 0 Å². The predicted octanol–water partition coefficient (Wildman–Crippen LogP) is 3.64. The van der Waals surface area contributed by atoms with Crippen LogP contribution < -0.4 is 0 Å². The Morgan fingerprint density at radius 3 is 2.75 bits per heavy atom. The van der Waals surface area contributed by atoms with Gasteiger partial charge in [0.05, 0.1) is 10.4 Å². The van der Waals surface area contributed by atoms with Crippen molar-refractivity contribution in [1.29, 1.82) is 0 Å². The number of aromatic nitrogens is 1. The van der Waals surface area contributed by atoms with Gasteiger partial charge in [-0.25, -0.2) is 0 Å². The van der Waals surface area contributed by atoms with E-state index in [1.54, 1.807) is 12.1 Å². The standard InChI is InChI=1S/C11H11BrN2O2/c1-3-13-7(2)11(12)9-5-4-8(14(15)16)6-10(9)13/h4-6H,3H2,1-2H3. The van der Waals surface area contributed by atoms with Crippen LogP contribution in [0.5, 0.6) is 0 Å². The minimum atomic E-state index is -0.365. The van der Waals surface area contributed by atoms with E-state index >= 15 is 0 Å². The van der Waals surface area contributed by atoms with Crippen LogP contribution in [0.25, 0.3) is 10.9 Å². The molecule has 0 bridgehead atoms. The highest BCUT2D eigenvalue weighted by atomic mass is 79.9. The second kappa shape index (κ2) is 3.90. The zero-order chi connectivity index (χ0) is 11.9. The van der Waals surface area contributed by atoms with Crippen molar-refractivity contribution in [1.82, 2.24) is 4.57 Å². The number of hydrogen-bond donors (Lipinski definition) is 0. The molecule has 0 N–H and O–H groups in total. The summed E-state index contributed by atoms with van der Waals surface area (Å²) in [6.07, 6.45) is 0. The number of nitrogens with zero attached hydrogens (tertiary/aromatic N) is 2. The Hall–Kier alpha value is -1.36. The molecule has 84 valence electrons. The smallest absolute Gasteiger partial charge is 0.271 e. The Morgan fingerprint density at radius 2 is 2.19 bits per heavy atom. The van der Waals surface area contributed by atoms with Gasteiger partial charge in [0.1, 0.15) is 0 Å². The lowest BCUT2D eigenvalue weighted by molar-refractivity contribution is -0.384. The van der Waals surface area contributed by atoms with Gasteiger partial charge in [0.2, 0.25) is 0 Å². The summed E-state index contributed by atoms with van der Waals surface area (Å²) in [5.41, 5.74) is 2.13. The molecule has 0 atom stereocenters. The van der Waals surface area contributed by atoms with E-state index in [4.69, 9.17) is 0 Å². The van der Waals surface area contributed by atoms with Gasteiger partial charge in [-0.2, -0.15) is 0 Å². The molecule has 0 saturated heterocycles. The molecule has 0 radical (unpaired) electrons. The third-order valence-electron chi connectivity index (χ3n) is 2.76. The molecule has 16 heavy (non-hydrogen) atoms. The number of hydrogen-bond acceptors (Lipinski definition) is 2. The largest absolute Gasteiger partial charge is 0.344 e. The van der Waals surface area contributed by atoms with Crippen LogP contribution in [-0.2, 0) is 6.54 Å². The van der Waals surface area contributed by atoms with E-state index in [-0.39, 0.29) is 10.6 Å². The lowest BCUT2D eigenvalue weighted by Gasteiger charge is -2.03. The summed E-state index contributed by atoms with van der Waals surface area (Å²) < 4.78 is 3.08. The van der Waals surface area contributed by atoms with Gasteiger partial charge in [-0.1, -0.05) is 0 Å². The predicted molar refractivity (Wildman–Crippen MR) is 66.7 cm³/mol. The van der Waals surface area contributed by atoms with Gasteiger partial charge in [-0.3, -0.25) is 10.1 Å². The summed E-state index contributed by atoms with van der Waals surface area (Å²) in [6.45, 7) is 4.83. The van der Waals surface area contributed by atoms with E-state index in [2.05, 4.69) is 20.5 Å². The molecule has 0 aliphatic carbocycles. The summed E-state index contributed by atoms with van der Waals surface area (Å²) in [7, 11) is 0. The van der Waals surface area contributed by atoms with Crippen molar-refractivity contribution in [3.63, 3.8) is 0 Å². The second-order valence-electron chi connectivity index (χ2n) is 3.60. The van der Waals surface area contributed by atoms with Crippen LogP contribution in [0.4, 0.5) is 5.69 Å². The van der Waals surface area contributed by atoms with Crippen LogP contribution in [0.1, 0.15) is 12.6 Å². The van der Waals surface area contributed by atoms with Crippen LogP contribution >= 0.6 is 15.9 Å². The number of nitro benzene ring substituents is 1. The first-order valence-corrected chi connectivity index (χ1v) is 5.78. The highest BCUT2D eigenvalue weighted by molar-refractivity contribution is 9.10. The fourth-order valence-corrected chi connectivity index (χ4v) is 2.49. The number of benzene rings is 1. The monoisotopic (exact) mass is 282 g/mol. The molecular formula is C11H11BrN2O2. The minimum Gasteiger partial charge on any atom is -0.344 e. The van der Waals surface area contributed by atoms with Crippen LogP contribution in [0.2, 0.25) is 0 Å². The van der Waals surface area contributed by atoms with Crippen molar-refractivity contribution in [2.75, 3.05) is 0 Å². The minimum absolute atomic E-state index is 0.132. The van der Waals surface area contributed by atoms with Crippen molar-refractivity contribution < 1.29 is 4.92 Å². The van der Waals surface area contributed by atoms with Gasteiger partial charge in [-0.05, 0) is 35.8 Å². The van der Waals surface area contributed by atoms with Crippen molar-refractivity contribution in [3.8, 4) is 0 Å². The molecule has 1 aromatic carbocycles. The molecule has 0 aliphatic rings.